The summed E-state index contributed by atoms with van der Waals surface area (Å²) in [4.78, 5) is 15.7. The first kappa shape index (κ1) is 13.1. The monoisotopic (exact) mass is 310 g/mol. The Morgan fingerprint density at radius 3 is 2.00 bits per heavy atom. The fraction of sp³-hybridized carbons (Fsp3) is 0. The molecule has 0 aliphatic rings. The summed E-state index contributed by atoms with van der Waals surface area (Å²) < 4.78 is 2.15. The summed E-state index contributed by atoms with van der Waals surface area (Å²) in [5, 5.41) is 1.83. The van der Waals surface area contributed by atoms with Crippen LogP contribution in [0.15, 0.2) is 83.7 Å². The van der Waals surface area contributed by atoms with E-state index < -0.39 is 0 Å². The van der Waals surface area contributed by atoms with Crippen LogP contribution in [-0.2, 0) is 0 Å². The minimum Gasteiger partial charge on any atom is -0.307 e. The predicted molar refractivity (Wildman–Crippen MR) is 98.5 cm³/mol. The second-order valence-electron chi connectivity index (χ2n) is 5.91. The molecule has 24 heavy (non-hydrogen) atoms. The van der Waals surface area contributed by atoms with Crippen LogP contribution in [0.3, 0.4) is 0 Å². The Labute approximate surface area is 137 Å². The lowest BCUT2D eigenvalue weighted by Crippen LogP contribution is -2.09. The summed E-state index contributed by atoms with van der Waals surface area (Å²) in [5.41, 5.74) is 4.97. The van der Waals surface area contributed by atoms with Crippen molar-refractivity contribution in [3.05, 3.63) is 89.2 Å². The quantitative estimate of drug-likeness (QED) is 0.482. The molecule has 0 spiro atoms. The second-order valence-corrected chi connectivity index (χ2v) is 5.91. The molecule has 2 heterocycles. The van der Waals surface area contributed by atoms with Crippen molar-refractivity contribution >= 4 is 27.5 Å². The van der Waals surface area contributed by atoms with Crippen molar-refractivity contribution in [1.29, 1.82) is 0 Å². The van der Waals surface area contributed by atoms with E-state index in [4.69, 9.17) is 0 Å². The van der Waals surface area contributed by atoms with Crippen LogP contribution in [0.2, 0.25) is 0 Å². The van der Waals surface area contributed by atoms with Crippen LogP contribution >= 0.6 is 0 Å². The molecule has 0 aliphatic carbocycles. The number of aromatic nitrogens is 2. The Bertz CT molecular complexity index is 1260. The smallest absolute Gasteiger partial charge is 0.258 e. The molecular weight excluding hydrogens is 296 g/mol. The summed E-state index contributed by atoms with van der Waals surface area (Å²) >= 11 is 0. The molecule has 5 aromatic rings. The average molecular weight is 310 g/mol. The van der Waals surface area contributed by atoms with Crippen LogP contribution in [0.4, 0.5) is 0 Å². The Balaban J connectivity index is 2.12. The topological polar surface area (TPSA) is 37.3 Å². The molecule has 0 fully saturated rings. The fourth-order valence-corrected chi connectivity index (χ4v) is 3.54. The van der Waals surface area contributed by atoms with Crippen molar-refractivity contribution in [3.8, 4) is 11.1 Å². The molecule has 0 radical (unpaired) electrons. The summed E-state index contributed by atoms with van der Waals surface area (Å²) in [7, 11) is 0. The highest BCUT2D eigenvalue weighted by atomic mass is 16.1. The number of fused-ring (bicyclic) bond motifs is 5. The maximum Gasteiger partial charge on any atom is 0.258 e. The molecule has 3 nitrogen and oxygen atoms in total. The number of hydrogen-bond donors (Lipinski definition) is 1. The molecule has 2 aromatic heterocycles. The number of benzene rings is 3. The van der Waals surface area contributed by atoms with Gasteiger partial charge in [0, 0.05) is 10.9 Å². The number of nitrogens with zero attached hydrogens (tertiary/aromatic N) is 1. The number of para-hydroxylation sites is 2. The van der Waals surface area contributed by atoms with Gasteiger partial charge < -0.3 is 4.98 Å². The summed E-state index contributed by atoms with van der Waals surface area (Å²) in [6.45, 7) is 0. The summed E-state index contributed by atoms with van der Waals surface area (Å²) in [6, 6.07) is 26.2. The largest absolute Gasteiger partial charge is 0.307 e. The highest BCUT2D eigenvalue weighted by Crippen LogP contribution is 2.35. The molecule has 1 N–H and O–H groups in total. The van der Waals surface area contributed by atoms with Crippen LogP contribution in [0.1, 0.15) is 0 Å². The molecular formula is C21H14N2O. The highest BCUT2D eigenvalue weighted by Gasteiger charge is 2.16. The van der Waals surface area contributed by atoms with Crippen LogP contribution < -0.4 is 5.56 Å². The van der Waals surface area contributed by atoms with E-state index in [-0.39, 0.29) is 5.56 Å². The number of aromatic amines is 1. The van der Waals surface area contributed by atoms with Gasteiger partial charge in [0.1, 0.15) is 5.65 Å². The predicted octanol–water partition coefficient (Wildman–Crippen LogP) is 4.60. The molecule has 114 valence electrons. The highest BCUT2D eigenvalue weighted by molar-refractivity contribution is 6.06. The Morgan fingerprint density at radius 2 is 1.25 bits per heavy atom. The van der Waals surface area contributed by atoms with Gasteiger partial charge in [-0.1, -0.05) is 60.7 Å². The van der Waals surface area contributed by atoms with Gasteiger partial charge in [-0.25, -0.2) is 0 Å². The first-order valence-corrected chi connectivity index (χ1v) is 7.94. The SMILES string of the molecule is O=c1[nH]c2c(-c3ccccc3)c3ccccc3n2c2ccccc12. The summed E-state index contributed by atoms with van der Waals surface area (Å²) in [6.07, 6.45) is 0. The van der Waals surface area contributed by atoms with Gasteiger partial charge in [-0.2, -0.15) is 0 Å². The Kier molecular flexibility index (Phi) is 2.65. The van der Waals surface area contributed by atoms with Crippen molar-refractivity contribution in [2.45, 2.75) is 0 Å². The standard InChI is InChI=1S/C21H14N2O/c24-21-16-11-5-7-13-18(16)23-17-12-6-4-10-15(17)19(20(23)22-21)14-8-2-1-3-9-14/h1-13H,(H,22,24). The van der Waals surface area contributed by atoms with Gasteiger partial charge >= 0.3 is 0 Å². The molecule has 0 unspecified atom stereocenters. The third-order valence-electron chi connectivity index (χ3n) is 4.56. The lowest BCUT2D eigenvalue weighted by atomic mass is 10.0. The van der Waals surface area contributed by atoms with Crippen molar-refractivity contribution in [1.82, 2.24) is 9.38 Å². The molecule has 5 rings (SSSR count). The van der Waals surface area contributed by atoms with Gasteiger partial charge in [0.25, 0.3) is 5.56 Å². The molecule has 3 heteroatoms. The zero-order valence-corrected chi connectivity index (χ0v) is 12.9. The van der Waals surface area contributed by atoms with Crippen LogP contribution in [-0.4, -0.2) is 9.38 Å². The maximum absolute atomic E-state index is 12.6. The number of rotatable bonds is 1. The molecule has 0 saturated heterocycles. The normalized spacial score (nSPS) is 11.5. The van der Waals surface area contributed by atoms with E-state index in [0.717, 1.165) is 33.2 Å². The van der Waals surface area contributed by atoms with E-state index in [2.05, 4.69) is 33.7 Å². The van der Waals surface area contributed by atoms with E-state index in [0.29, 0.717) is 5.39 Å². The van der Waals surface area contributed by atoms with E-state index in [9.17, 15) is 4.79 Å². The van der Waals surface area contributed by atoms with Gasteiger partial charge in [0.05, 0.1) is 16.4 Å². The zero-order chi connectivity index (χ0) is 16.1. The molecule has 3 aromatic carbocycles. The van der Waals surface area contributed by atoms with Gasteiger partial charge in [-0.15, -0.1) is 0 Å². The fourth-order valence-electron chi connectivity index (χ4n) is 3.54. The first-order chi connectivity index (χ1) is 11.8. The first-order valence-electron chi connectivity index (χ1n) is 7.94. The van der Waals surface area contributed by atoms with Crippen LogP contribution in [0.5, 0.6) is 0 Å². The van der Waals surface area contributed by atoms with Crippen molar-refractivity contribution in [3.63, 3.8) is 0 Å². The molecule has 0 bridgehead atoms. The molecule has 0 aliphatic heterocycles. The average Bonchev–Trinajstić information content (AvgIpc) is 2.97. The van der Waals surface area contributed by atoms with Gasteiger partial charge in [0.2, 0.25) is 0 Å². The summed E-state index contributed by atoms with van der Waals surface area (Å²) in [5.74, 6) is 0. The van der Waals surface area contributed by atoms with Gasteiger partial charge in [-0.05, 0) is 23.8 Å². The molecule has 0 saturated carbocycles. The number of hydrogen-bond acceptors (Lipinski definition) is 1. The van der Waals surface area contributed by atoms with E-state index >= 15 is 0 Å². The van der Waals surface area contributed by atoms with Gasteiger partial charge in [-0.3, -0.25) is 9.20 Å². The van der Waals surface area contributed by atoms with E-state index in [1.807, 2.05) is 54.6 Å². The van der Waals surface area contributed by atoms with E-state index in [1.54, 1.807) is 0 Å². The lowest BCUT2D eigenvalue weighted by Gasteiger charge is -2.05. The zero-order valence-electron chi connectivity index (χ0n) is 12.9. The van der Waals surface area contributed by atoms with Crippen LogP contribution in [0.25, 0.3) is 38.6 Å². The number of H-pyrrole nitrogens is 1. The van der Waals surface area contributed by atoms with Crippen molar-refractivity contribution in [2.75, 3.05) is 0 Å². The van der Waals surface area contributed by atoms with Crippen molar-refractivity contribution in [2.24, 2.45) is 0 Å². The van der Waals surface area contributed by atoms with Crippen LogP contribution in [0, 0.1) is 0 Å². The van der Waals surface area contributed by atoms with E-state index in [1.165, 1.54) is 0 Å². The minimum atomic E-state index is -0.0573. The van der Waals surface area contributed by atoms with Gasteiger partial charge in [0.15, 0.2) is 0 Å². The van der Waals surface area contributed by atoms with Crippen molar-refractivity contribution < 1.29 is 0 Å². The Hall–Kier alpha value is -3.33. The molecule has 0 atom stereocenters. The lowest BCUT2D eigenvalue weighted by molar-refractivity contribution is 1.20. The third-order valence-corrected chi connectivity index (χ3v) is 4.56. The Morgan fingerprint density at radius 1 is 0.667 bits per heavy atom. The second kappa shape index (κ2) is 4.83. The third kappa shape index (κ3) is 1.69. The maximum atomic E-state index is 12.6. The molecule has 0 amide bonds. The minimum absolute atomic E-state index is 0.0573. The number of nitrogens with one attached hydrogen (secondary N) is 1.